The Morgan fingerprint density at radius 1 is 0.292 bits per heavy atom. The minimum absolute atomic E-state index is 0.872. The first-order valence-corrected chi connectivity index (χ1v) is 22.8. The first kappa shape index (κ1) is 36.0. The first-order valence-electron chi connectivity index (χ1n) is 22.8. The van der Waals surface area contributed by atoms with Crippen LogP contribution in [0.25, 0.3) is 0 Å². The molecule has 7 aliphatic rings. The third kappa shape index (κ3) is 9.36. The van der Waals surface area contributed by atoms with E-state index in [1.807, 2.05) is 0 Å². The third-order valence-corrected chi connectivity index (χ3v) is 16.3. The standard InChI is InChI=1S/C46H80N2/c1-35-13-27-43(28-14-35)48(44-29-15-36(2)16-30-44)46-33-25-40(26-34-46)39-23-19-37(20-24-39)17-18-38-21-31-45(32-22-38)47(41-9-5-3-6-10-41)42-11-7-4-8-12-42/h17-18,35-46H,3-16,19-34H2,1-2H3/b18-17+. The Hall–Kier alpha value is -0.340. The normalized spacial score (nSPS) is 41.7. The molecule has 274 valence electrons. The molecule has 7 aliphatic carbocycles. The second-order valence-corrected chi connectivity index (χ2v) is 19.5. The van der Waals surface area contributed by atoms with Gasteiger partial charge in [0.05, 0.1) is 0 Å². The van der Waals surface area contributed by atoms with Crippen molar-refractivity contribution in [3.05, 3.63) is 12.2 Å². The van der Waals surface area contributed by atoms with E-state index in [1.165, 1.54) is 180 Å². The molecule has 0 atom stereocenters. The topological polar surface area (TPSA) is 6.48 Å². The summed E-state index contributed by atoms with van der Waals surface area (Å²) in [5.41, 5.74) is 0. The Balaban J connectivity index is 0.846. The second-order valence-electron chi connectivity index (χ2n) is 19.5. The highest BCUT2D eigenvalue weighted by Gasteiger charge is 2.39. The number of rotatable bonds is 9. The molecule has 2 heteroatoms. The SMILES string of the molecule is CC1CCC(N(C2CCC(C)CC2)C2CCC(C3CCC(/C=C/C4CCC(N(C5CCCCC5)C5CCCCC5)CC4)CC3)CC2)CC1. The van der Waals surface area contributed by atoms with Gasteiger partial charge in [-0.3, -0.25) is 9.80 Å². The lowest BCUT2D eigenvalue weighted by atomic mass is 9.69. The van der Waals surface area contributed by atoms with Crippen LogP contribution in [0.3, 0.4) is 0 Å². The van der Waals surface area contributed by atoms with Gasteiger partial charge >= 0.3 is 0 Å². The van der Waals surface area contributed by atoms with E-state index in [4.69, 9.17) is 0 Å². The summed E-state index contributed by atoms with van der Waals surface area (Å²) in [5, 5.41) is 0. The number of hydrogen-bond donors (Lipinski definition) is 0. The summed E-state index contributed by atoms with van der Waals surface area (Å²) in [6.45, 7) is 5.01. The Morgan fingerprint density at radius 3 is 0.938 bits per heavy atom. The zero-order valence-electron chi connectivity index (χ0n) is 32.2. The molecule has 0 aromatic heterocycles. The lowest BCUT2D eigenvalue weighted by Crippen LogP contribution is -2.52. The van der Waals surface area contributed by atoms with Crippen LogP contribution in [0.5, 0.6) is 0 Å². The summed E-state index contributed by atoms with van der Waals surface area (Å²) in [5.74, 6) is 5.77. The van der Waals surface area contributed by atoms with Crippen molar-refractivity contribution < 1.29 is 0 Å². The average molecular weight is 661 g/mol. The van der Waals surface area contributed by atoms with Gasteiger partial charge in [0.25, 0.3) is 0 Å². The van der Waals surface area contributed by atoms with Crippen LogP contribution in [0, 0.1) is 35.5 Å². The van der Waals surface area contributed by atoms with Crippen LogP contribution in [-0.2, 0) is 0 Å². The van der Waals surface area contributed by atoms with Gasteiger partial charge in [-0.15, -0.1) is 0 Å². The quantitative estimate of drug-likeness (QED) is 0.227. The largest absolute Gasteiger partial charge is 0.294 e. The summed E-state index contributed by atoms with van der Waals surface area (Å²) in [7, 11) is 0. The van der Waals surface area contributed by atoms with E-state index in [0.717, 1.165) is 71.8 Å². The van der Waals surface area contributed by atoms with Gasteiger partial charge in [-0.2, -0.15) is 0 Å². The molecule has 0 aromatic carbocycles. The second kappa shape index (κ2) is 17.9. The summed E-state index contributed by atoms with van der Waals surface area (Å²) >= 11 is 0. The minimum Gasteiger partial charge on any atom is -0.294 e. The van der Waals surface area contributed by atoms with Crippen molar-refractivity contribution in [1.29, 1.82) is 0 Å². The zero-order chi connectivity index (χ0) is 32.7. The molecule has 7 saturated carbocycles. The Morgan fingerprint density at radius 2 is 0.562 bits per heavy atom. The van der Waals surface area contributed by atoms with Crippen LogP contribution in [-0.4, -0.2) is 46.1 Å². The van der Waals surface area contributed by atoms with Crippen molar-refractivity contribution in [2.45, 2.75) is 243 Å². The monoisotopic (exact) mass is 661 g/mol. The van der Waals surface area contributed by atoms with E-state index in [0.29, 0.717) is 0 Å². The predicted octanol–water partition coefficient (Wildman–Crippen LogP) is 12.9. The van der Waals surface area contributed by atoms with Crippen molar-refractivity contribution in [2.75, 3.05) is 0 Å². The van der Waals surface area contributed by atoms with Crippen LogP contribution in [0.4, 0.5) is 0 Å². The van der Waals surface area contributed by atoms with E-state index in [-0.39, 0.29) is 0 Å². The number of hydrogen-bond acceptors (Lipinski definition) is 2. The van der Waals surface area contributed by atoms with E-state index in [9.17, 15) is 0 Å². The highest BCUT2D eigenvalue weighted by atomic mass is 15.2. The Kier molecular flexibility index (Phi) is 13.5. The van der Waals surface area contributed by atoms with Gasteiger partial charge in [-0.1, -0.05) is 64.5 Å². The molecule has 48 heavy (non-hydrogen) atoms. The van der Waals surface area contributed by atoms with Crippen molar-refractivity contribution in [1.82, 2.24) is 9.80 Å². The molecule has 0 bridgehead atoms. The summed E-state index contributed by atoms with van der Waals surface area (Å²) < 4.78 is 0. The van der Waals surface area contributed by atoms with Crippen LogP contribution < -0.4 is 0 Å². The third-order valence-electron chi connectivity index (χ3n) is 16.3. The lowest BCUT2D eigenvalue weighted by molar-refractivity contribution is -0.000189. The maximum Gasteiger partial charge on any atom is 0.0102 e. The van der Waals surface area contributed by atoms with E-state index >= 15 is 0 Å². The fourth-order valence-electron chi connectivity index (χ4n) is 13.2. The van der Waals surface area contributed by atoms with Gasteiger partial charge in [0.1, 0.15) is 0 Å². The maximum atomic E-state index is 3.20. The molecule has 7 rings (SSSR count). The zero-order valence-corrected chi connectivity index (χ0v) is 32.2. The van der Waals surface area contributed by atoms with Gasteiger partial charge in [0.2, 0.25) is 0 Å². The average Bonchev–Trinajstić information content (AvgIpc) is 3.14. The van der Waals surface area contributed by atoms with E-state index in [1.54, 1.807) is 12.8 Å². The molecule has 0 spiro atoms. The Bertz CT molecular complexity index is 881. The van der Waals surface area contributed by atoms with E-state index < -0.39 is 0 Å². The molecular formula is C46H80N2. The number of allylic oxidation sites excluding steroid dienone is 2. The van der Waals surface area contributed by atoms with Crippen LogP contribution in [0.2, 0.25) is 0 Å². The number of nitrogens with zero attached hydrogens (tertiary/aromatic N) is 2. The Labute approximate surface area is 299 Å². The minimum atomic E-state index is 0.872. The molecular weight excluding hydrogens is 581 g/mol. The fourth-order valence-corrected chi connectivity index (χ4v) is 13.2. The molecule has 0 aromatic rings. The molecule has 0 radical (unpaired) electrons. The van der Waals surface area contributed by atoms with Crippen LogP contribution >= 0.6 is 0 Å². The summed E-state index contributed by atoms with van der Waals surface area (Å²) in [4.78, 5) is 6.37. The highest BCUT2D eigenvalue weighted by Crippen LogP contribution is 2.45. The maximum absolute atomic E-state index is 3.20. The van der Waals surface area contributed by atoms with Crippen molar-refractivity contribution >= 4 is 0 Å². The molecule has 7 fully saturated rings. The smallest absolute Gasteiger partial charge is 0.0102 e. The molecule has 2 nitrogen and oxygen atoms in total. The van der Waals surface area contributed by atoms with E-state index in [2.05, 4.69) is 35.8 Å². The molecule has 0 heterocycles. The van der Waals surface area contributed by atoms with Crippen molar-refractivity contribution in [3.8, 4) is 0 Å². The molecule has 0 amide bonds. The highest BCUT2D eigenvalue weighted by molar-refractivity contribution is 5.00. The molecule has 0 saturated heterocycles. The van der Waals surface area contributed by atoms with Gasteiger partial charge in [-0.25, -0.2) is 0 Å². The van der Waals surface area contributed by atoms with Crippen LogP contribution in [0.1, 0.15) is 206 Å². The summed E-state index contributed by atoms with van der Waals surface area (Å²) in [6, 6.07) is 5.47. The molecule has 0 aliphatic heterocycles. The molecule has 0 unspecified atom stereocenters. The summed E-state index contributed by atoms with van der Waals surface area (Å²) in [6.07, 6.45) is 50.4. The lowest BCUT2D eigenvalue weighted by Gasteiger charge is -2.50. The van der Waals surface area contributed by atoms with Crippen molar-refractivity contribution in [2.24, 2.45) is 35.5 Å². The van der Waals surface area contributed by atoms with Gasteiger partial charge in [0.15, 0.2) is 0 Å². The van der Waals surface area contributed by atoms with Gasteiger partial charge < -0.3 is 0 Å². The van der Waals surface area contributed by atoms with Crippen LogP contribution in [0.15, 0.2) is 12.2 Å². The predicted molar refractivity (Wildman–Crippen MR) is 206 cm³/mol. The first-order chi connectivity index (χ1) is 23.6. The van der Waals surface area contributed by atoms with Gasteiger partial charge in [-0.05, 0) is 190 Å². The van der Waals surface area contributed by atoms with Gasteiger partial charge in [0, 0.05) is 36.3 Å². The fraction of sp³-hybridized carbons (Fsp3) is 0.957. The van der Waals surface area contributed by atoms with Crippen molar-refractivity contribution in [3.63, 3.8) is 0 Å². The molecule has 0 N–H and O–H groups in total.